The first-order valence-electron chi connectivity index (χ1n) is 6.99. The fourth-order valence-corrected chi connectivity index (χ4v) is 2.49. The molecular formula is C15H19N5O. The number of nitrogens with one attached hydrogen (secondary N) is 2. The van der Waals surface area contributed by atoms with E-state index in [2.05, 4.69) is 15.6 Å². The maximum Gasteiger partial charge on any atom is 0.256 e. The van der Waals surface area contributed by atoms with E-state index in [9.17, 15) is 4.79 Å². The van der Waals surface area contributed by atoms with Crippen LogP contribution >= 0.6 is 0 Å². The van der Waals surface area contributed by atoms with Crippen LogP contribution in [0.25, 0.3) is 0 Å². The second-order valence-corrected chi connectivity index (χ2v) is 5.20. The first kappa shape index (κ1) is 13.5. The zero-order valence-electron chi connectivity index (χ0n) is 12.3. The minimum absolute atomic E-state index is 0.00829. The van der Waals surface area contributed by atoms with E-state index >= 15 is 0 Å². The number of hydrogen-bond donors (Lipinski definition) is 2. The van der Waals surface area contributed by atoms with E-state index in [0.717, 1.165) is 30.3 Å². The molecule has 6 nitrogen and oxygen atoms in total. The minimum atomic E-state index is -0.00829. The summed E-state index contributed by atoms with van der Waals surface area (Å²) in [6.45, 7) is 2.17. The highest BCUT2D eigenvalue weighted by molar-refractivity contribution is 6.02. The van der Waals surface area contributed by atoms with Crippen LogP contribution in [-0.4, -0.2) is 40.5 Å². The van der Waals surface area contributed by atoms with Crippen LogP contribution in [-0.2, 0) is 13.6 Å². The Hall–Kier alpha value is -2.50. The number of rotatable bonds is 3. The molecule has 0 saturated carbocycles. The molecule has 3 rings (SSSR count). The molecular weight excluding hydrogens is 266 g/mol. The Morgan fingerprint density at radius 1 is 1.38 bits per heavy atom. The van der Waals surface area contributed by atoms with Crippen molar-refractivity contribution in [2.45, 2.75) is 6.54 Å². The van der Waals surface area contributed by atoms with Crippen molar-refractivity contribution >= 4 is 17.3 Å². The summed E-state index contributed by atoms with van der Waals surface area (Å²) in [6.07, 6.45) is 3.62. The Kier molecular flexibility index (Phi) is 3.51. The molecule has 21 heavy (non-hydrogen) atoms. The summed E-state index contributed by atoms with van der Waals surface area (Å²) < 4.78 is 1.92. The molecule has 2 heterocycles. The Morgan fingerprint density at radius 3 is 2.95 bits per heavy atom. The zero-order valence-corrected chi connectivity index (χ0v) is 12.3. The van der Waals surface area contributed by atoms with Crippen LogP contribution in [0.3, 0.4) is 0 Å². The van der Waals surface area contributed by atoms with E-state index in [1.807, 2.05) is 36.0 Å². The Balaban J connectivity index is 1.83. The van der Waals surface area contributed by atoms with Crippen LogP contribution in [0.5, 0.6) is 0 Å². The lowest BCUT2D eigenvalue weighted by atomic mass is 10.1. The molecule has 2 aromatic rings. The van der Waals surface area contributed by atoms with Crippen molar-refractivity contribution < 1.29 is 4.79 Å². The number of hydrogen-bond acceptors (Lipinski definition) is 4. The summed E-state index contributed by atoms with van der Waals surface area (Å²) in [5.41, 5.74) is 2.56. The molecule has 1 aliphatic heterocycles. The Labute approximate surface area is 123 Å². The maximum absolute atomic E-state index is 12.7. The van der Waals surface area contributed by atoms with Gasteiger partial charge in [0.1, 0.15) is 5.82 Å². The van der Waals surface area contributed by atoms with Gasteiger partial charge < -0.3 is 20.1 Å². The normalized spacial score (nSPS) is 13.0. The highest BCUT2D eigenvalue weighted by atomic mass is 16.2. The van der Waals surface area contributed by atoms with Crippen molar-refractivity contribution in [1.82, 2.24) is 14.5 Å². The first-order chi connectivity index (χ1) is 10.2. The predicted molar refractivity (Wildman–Crippen MR) is 82.4 cm³/mol. The van der Waals surface area contributed by atoms with Crippen LogP contribution in [0, 0.1) is 0 Å². The van der Waals surface area contributed by atoms with Gasteiger partial charge in [-0.3, -0.25) is 4.79 Å². The van der Waals surface area contributed by atoms with Crippen molar-refractivity contribution in [1.29, 1.82) is 0 Å². The molecule has 0 fully saturated rings. The largest absolute Gasteiger partial charge is 0.382 e. The SMILES string of the molecule is CN(Cc1nccn1C)C(=O)c1cccc2c1NCCN2. The second-order valence-electron chi connectivity index (χ2n) is 5.20. The number of fused-ring (bicyclic) bond motifs is 1. The average molecular weight is 285 g/mol. The smallest absolute Gasteiger partial charge is 0.256 e. The number of aryl methyl sites for hydroxylation is 1. The summed E-state index contributed by atoms with van der Waals surface area (Å²) in [6, 6.07) is 5.74. The van der Waals surface area contributed by atoms with Gasteiger partial charge in [0.25, 0.3) is 5.91 Å². The Morgan fingerprint density at radius 2 is 2.19 bits per heavy atom. The molecule has 0 bridgehead atoms. The van der Waals surface area contributed by atoms with E-state index in [1.54, 1.807) is 18.1 Å². The van der Waals surface area contributed by atoms with Crippen LogP contribution in [0.4, 0.5) is 11.4 Å². The van der Waals surface area contributed by atoms with Gasteiger partial charge in [-0.25, -0.2) is 4.98 Å². The third kappa shape index (κ3) is 2.56. The molecule has 0 radical (unpaired) electrons. The van der Waals surface area contributed by atoms with E-state index in [0.29, 0.717) is 12.1 Å². The quantitative estimate of drug-likeness (QED) is 0.898. The van der Waals surface area contributed by atoms with Crippen molar-refractivity contribution in [2.75, 3.05) is 30.8 Å². The van der Waals surface area contributed by atoms with Gasteiger partial charge in [0, 0.05) is 39.6 Å². The fraction of sp³-hybridized carbons (Fsp3) is 0.333. The number of para-hydroxylation sites is 1. The number of benzene rings is 1. The van der Waals surface area contributed by atoms with Gasteiger partial charge in [0.15, 0.2) is 0 Å². The monoisotopic (exact) mass is 285 g/mol. The maximum atomic E-state index is 12.7. The third-order valence-electron chi connectivity index (χ3n) is 3.68. The molecule has 1 aromatic heterocycles. The lowest BCUT2D eigenvalue weighted by Gasteiger charge is -2.24. The number of anilines is 2. The molecule has 1 aromatic carbocycles. The van der Waals surface area contributed by atoms with Gasteiger partial charge in [-0.05, 0) is 12.1 Å². The molecule has 0 spiro atoms. The van der Waals surface area contributed by atoms with E-state index < -0.39 is 0 Å². The van der Waals surface area contributed by atoms with Crippen molar-refractivity contribution in [3.63, 3.8) is 0 Å². The van der Waals surface area contributed by atoms with Gasteiger partial charge in [-0.1, -0.05) is 6.07 Å². The second kappa shape index (κ2) is 5.47. The molecule has 0 unspecified atom stereocenters. The first-order valence-corrected chi connectivity index (χ1v) is 6.99. The van der Waals surface area contributed by atoms with E-state index in [4.69, 9.17) is 0 Å². The van der Waals surface area contributed by atoms with Gasteiger partial charge in [0.05, 0.1) is 23.5 Å². The molecule has 1 amide bonds. The highest BCUT2D eigenvalue weighted by Gasteiger charge is 2.20. The van der Waals surface area contributed by atoms with Crippen LogP contribution in [0.1, 0.15) is 16.2 Å². The summed E-state index contributed by atoms with van der Waals surface area (Å²) in [5.74, 6) is 0.854. The molecule has 0 aliphatic carbocycles. The van der Waals surface area contributed by atoms with Crippen molar-refractivity contribution in [3.05, 3.63) is 42.0 Å². The van der Waals surface area contributed by atoms with Crippen molar-refractivity contribution in [3.8, 4) is 0 Å². The number of nitrogens with zero attached hydrogens (tertiary/aromatic N) is 3. The van der Waals surface area contributed by atoms with Crippen LogP contribution < -0.4 is 10.6 Å². The van der Waals surface area contributed by atoms with Gasteiger partial charge in [0.2, 0.25) is 0 Å². The predicted octanol–water partition coefficient (Wildman–Crippen LogP) is 1.53. The van der Waals surface area contributed by atoms with Crippen molar-refractivity contribution in [2.24, 2.45) is 7.05 Å². The van der Waals surface area contributed by atoms with Crippen LogP contribution in [0.2, 0.25) is 0 Å². The summed E-state index contributed by atoms with van der Waals surface area (Å²) >= 11 is 0. The van der Waals surface area contributed by atoms with Gasteiger partial charge in [-0.2, -0.15) is 0 Å². The molecule has 0 atom stereocenters. The van der Waals surface area contributed by atoms with Gasteiger partial charge in [-0.15, -0.1) is 0 Å². The van der Waals surface area contributed by atoms with E-state index in [-0.39, 0.29) is 5.91 Å². The van der Waals surface area contributed by atoms with Crippen LogP contribution in [0.15, 0.2) is 30.6 Å². The Bertz CT molecular complexity index is 664. The average Bonchev–Trinajstić information content (AvgIpc) is 2.91. The summed E-state index contributed by atoms with van der Waals surface area (Å²) in [4.78, 5) is 18.6. The minimum Gasteiger partial charge on any atom is -0.382 e. The number of imidazole rings is 1. The lowest BCUT2D eigenvalue weighted by molar-refractivity contribution is 0.0781. The number of aromatic nitrogens is 2. The fourth-order valence-electron chi connectivity index (χ4n) is 2.49. The number of carbonyl (C=O) groups excluding carboxylic acids is 1. The molecule has 1 aliphatic rings. The van der Waals surface area contributed by atoms with Gasteiger partial charge >= 0.3 is 0 Å². The molecule has 110 valence electrons. The summed E-state index contributed by atoms with van der Waals surface area (Å²) in [7, 11) is 3.73. The standard InChI is InChI=1S/C15H19N5O/c1-19-9-8-17-13(19)10-20(2)15(21)11-4-3-5-12-14(11)18-7-6-16-12/h3-5,8-9,16,18H,6-7,10H2,1-2H3. The summed E-state index contributed by atoms with van der Waals surface area (Å²) in [5, 5.41) is 6.61. The van der Waals surface area contributed by atoms with E-state index in [1.165, 1.54) is 0 Å². The molecule has 2 N–H and O–H groups in total. The highest BCUT2D eigenvalue weighted by Crippen LogP contribution is 2.29. The topological polar surface area (TPSA) is 62.2 Å². The number of amides is 1. The molecule has 6 heteroatoms. The third-order valence-corrected chi connectivity index (χ3v) is 3.68. The molecule has 0 saturated heterocycles. The number of carbonyl (C=O) groups is 1. The lowest BCUT2D eigenvalue weighted by Crippen LogP contribution is -2.30. The zero-order chi connectivity index (χ0) is 14.8.